The van der Waals surface area contributed by atoms with Gasteiger partial charge >= 0.3 is 5.97 Å². The summed E-state index contributed by atoms with van der Waals surface area (Å²) in [4.78, 5) is 11.0. The maximum atomic E-state index is 12.4. The van der Waals surface area contributed by atoms with Gasteiger partial charge in [-0.25, -0.2) is 13.1 Å². The molecule has 0 spiro atoms. The molecule has 1 fully saturated rings. The van der Waals surface area contributed by atoms with Crippen molar-refractivity contribution in [1.29, 1.82) is 0 Å². The number of carbonyl (C=O) groups is 1. The van der Waals surface area contributed by atoms with E-state index in [2.05, 4.69) is 4.72 Å². The maximum absolute atomic E-state index is 12.4. The van der Waals surface area contributed by atoms with Crippen molar-refractivity contribution in [1.82, 2.24) is 4.72 Å². The molecule has 6 heteroatoms. The van der Waals surface area contributed by atoms with Crippen LogP contribution in [0.4, 0.5) is 0 Å². The number of sulfonamides is 1. The third-order valence-electron chi connectivity index (χ3n) is 3.68. The van der Waals surface area contributed by atoms with Gasteiger partial charge in [0.15, 0.2) is 0 Å². The molecule has 1 saturated carbocycles. The Hall–Kier alpha value is -1.40. The number of aliphatic carboxylic acids is 1. The molecular formula is C14H19NO4S. The lowest BCUT2D eigenvalue weighted by atomic mass is 9.81. The van der Waals surface area contributed by atoms with E-state index in [1.165, 1.54) is 0 Å². The maximum Gasteiger partial charge on any atom is 0.306 e. The number of carboxylic acid groups (broad SMARTS) is 1. The Morgan fingerprint density at radius 3 is 2.15 bits per heavy atom. The minimum atomic E-state index is -3.59. The first-order valence-electron chi connectivity index (χ1n) is 6.53. The van der Waals surface area contributed by atoms with Gasteiger partial charge in [0.2, 0.25) is 10.0 Å². The fraction of sp³-hybridized carbons (Fsp3) is 0.500. The number of hydrogen-bond acceptors (Lipinski definition) is 3. The summed E-state index contributed by atoms with van der Waals surface area (Å²) in [5, 5.41) is 8.81. The molecule has 1 aromatic carbocycles. The van der Waals surface area contributed by atoms with Crippen molar-refractivity contribution in [3.63, 3.8) is 0 Å². The summed E-state index contributed by atoms with van der Waals surface area (Å²) in [5.41, 5.74) is 2.45. The van der Waals surface area contributed by atoms with Crippen LogP contribution in [0.2, 0.25) is 0 Å². The quantitative estimate of drug-likeness (QED) is 0.887. The second-order valence-corrected chi connectivity index (χ2v) is 7.20. The van der Waals surface area contributed by atoms with Gasteiger partial charge < -0.3 is 5.11 Å². The largest absolute Gasteiger partial charge is 0.481 e. The SMILES string of the molecule is Cc1cc(C)c(S(=O)(=O)NC2CC(C(=O)O)C2)c(C)c1. The first-order chi connectivity index (χ1) is 9.20. The van der Waals surface area contributed by atoms with E-state index in [0.717, 1.165) is 5.56 Å². The summed E-state index contributed by atoms with van der Waals surface area (Å²) >= 11 is 0. The van der Waals surface area contributed by atoms with E-state index in [1.54, 1.807) is 13.8 Å². The molecule has 110 valence electrons. The van der Waals surface area contributed by atoms with Crippen molar-refractivity contribution in [2.45, 2.75) is 44.6 Å². The fourth-order valence-corrected chi connectivity index (χ4v) is 4.50. The Morgan fingerprint density at radius 2 is 1.70 bits per heavy atom. The van der Waals surface area contributed by atoms with Gasteiger partial charge in [-0.15, -0.1) is 0 Å². The summed E-state index contributed by atoms with van der Waals surface area (Å²) < 4.78 is 27.4. The molecule has 0 aromatic heterocycles. The molecule has 1 aromatic rings. The van der Waals surface area contributed by atoms with E-state index in [4.69, 9.17) is 5.11 Å². The predicted octanol–water partition coefficient (Wildman–Crippen LogP) is 1.75. The Labute approximate surface area is 119 Å². The van der Waals surface area contributed by atoms with Crippen LogP contribution >= 0.6 is 0 Å². The van der Waals surface area contributed by atoms with Crippen molar-refractivity contribution >= 4 is 16.0 Å². The van der Waals surface area contributed by atoms with Crippen LogP contribution in [0.1, 0.15) is 29.5 Å². The zero-order chi connectivity index (χ0) is 15.1. The Morgan fingerprint density at radius 1 is 1.20 bits per heavy atom. The zero-order valence-corrected chi connectivity index (χ0v) is 12.6. The van der Waals surface area contributed by atoms with Gasteiger partial charge in [-0.2, -0.15) is 0 Å². The van der Waals surface area contributed by atoms with Crippen LogP contribution in [-0.4, -0.2) is 25.5 Å². The highest BCUT2D eigenvalue weighted by molar-refractivity contribution is 7.89. The summed E-state index contributed by atoms with van der Waals surface area (Å²) in [6.45, 7) is 5.47. The van der Waals surface area contributed by atoms with E-state index in [-0.39, 0.29) is 6.04 Å². The van der Waals surface area contributed by atoms with E-state index in [1.807, 2.05) is 19.1 Å². The van der Waals surface area contributed by atoms with Crippen molar-refractivity contribution in [2.75, 3.05) is 0 Å². The molecule has 1 aliphatic rings. The third-order valence-corrected chi connectivity index (χ3v) is 5.51. The number of carboxylic acids is 1. The number of hydrogen-bond donors (Lipinski definition) is 2. The van der Waals surface area contributed by atoms with Crippen LogP contribution in [-0.2, 0) is 14.8 Å². The third kappa shape index (κ3) is 2.86. The summed E-state index contributed by atoms with van der Waals surface area (Å²) in [5.74, 6) is -1.29. The molecule has 5 nitrogen and oxygen atoms in total. The molecule has 0 aliphatic heterocycles. The summed E-state index contributed by atoms with van der Waals surface area (Å²) in [6.07, 6.45) is 0.719. The molecule has 0 heterocycles. The van der Waals surface area contributed by atoms with Gasteiger partial charge in [0, 0.05) is 6.04 Å². The molecule has 0 unspecified atom stereocenters. The van der Waals surface area contributed by atoms with E-state index < -0.39 is 21.9 Å². The number of nitrogens with one attached hydrogen (secondary N) is 1. The van der Waals surface area contributed by atoms with Crippen LogP contribution in [0.5, 0.6) is 0 Å². The summed E-state index contributed by atoms with van der Waals surface area (Å²) in [6, 6.07) is 3.39. The zero-order valence-electron chi connectivity index (χ0n) is 11.8. The average molecular weight is 297 g/mol. The van der Waals surface area contributed by atoms with Crippen LogP contribution in [0.3, 0.4) is 0 Å². The minimum Gasteiger partial charge on any atom is -0.481 e. The Bertz CT molecular complexity index is 622. The number of rotatable bonds is 4. The molecule has 0 atom stereocenters. The van der Waals surface area contributed by atoms with Gasteiger partial charge in [-0.05, 0) is 44.7 Å². The second kappa shape index (κ2) is 5.18. The molecule has 2 N–H and O–H groups in total. The molecule has 20 heavy (non-hydrogen) atoms. The number of aryl methyl sites for hydroxylation is 3. The summed E-state index contributed by atoms with van der Waals surface area (Å²) in [7, 11) is -3.59. The van der Waals surface area contributed by atoms with Crippen LogP contribution in [0.15, 0.2) is 17.0 Å². The first-order valence-corrected chi connectivity index (χ1v) is 8.02. The number of benzene rings is 1. The molecule has 0 bridgehead atoms. The van der Waals surface area contributed by atoms with Crippen LogP contribution in [0.25, 0.3) is 0 Å². The Kier molecular flexibility index (Phi) is 3.88. The average Bonchev–Trinajstić information content (AvgIpc) is 2.20. The highest BCUT2D eigenvalue weighted by atomic mass is 32.2. The van der Waals surface area contributed by atoms with E-state index in [9.17, 15) is 13.2 Å². The molecule has 0 saturated heterocycles. The Balaban J connectivity index is 2.18. The molecular weight excluding hydrogens is 278 g/mol. The van der Waals surface area contributed by atoms with Gasteiger partial charge in [0.25, 0.3) is 0 Å². The molecule has 0 radical (unpaired) electrons. The normalized spacial score (nSPS) is 22.4. The molecule has 1 aliphatic carbocycles. The highest BCUT2D eigenvalue weighted by Gasteiger charge is 2.37. The van der Waals surface area contributed by atoms with E-state index in [0.29, 0.717) is 28.9 Å². The first kappa shape index (κ1) is 15.0. The highest BCUT2D eigenvalue weighted by Crippen LogP contribution is 2.30. The molecule has 2 rings (SSSR count). The van der Waals surface area contributed by atoms with Gasteiger partial charge in [-0.1, -0.05) is 17.7 Å². The topological polar surface area (TPSA) is 83.5 Å². The van der Waals surface area contributed by atoms with Crippen molar-refractivity contribution < 1.29 is 18.3 Å². The smallest absolute Gasteiger partial charge is 0.306 e. The standard InChI is InChI=1S/C14H19NO4S/c1-8-4-9(2)13(10(3)5-8)20(18,19)15-12-6-11(7-12)14(16)17/h4-5,11-12,15H,6-7H2,1-3H3,(H,16,17). The van der Waals surface area contributed by atoms with Crippen LogP contribution in [0, 0.1) is 26.7 Å². The van der Waals surface area contributed by atoms with Crippen molar-refractivity contribution in [3.8, 4) is 0 Å². The molecule has 0 amide bonds. The van der Waals surface area contributed by atoms with Crippen molar-refractivity contribution in [3.05, 3.63) is 28.8 Å². The van der Waals surface area contributed by atoms with Crippen LogP contribution < -0.4 is 4.72 Å². The van der Waals surface area contributed by atoms with E-state index >= 15 is 0 Å². The van der Waals surface area contributed by atoms with Gasteiger partial charge in [0.05, 0.1) is 10.8 Å². The lowest BCUT2D eigenvalue weighted by molar-refractivity contribution is -0.145. The van der Waals surface area contributed by atoms with Gasteiger partial charge in [-0.3, -0.25) is 4.79 Å². The van der Waals surface area contributed by atoms with Gasteiger partial charge in [0.1, 0.15) is 0 Å². The second-order valence-electron chi connectivity index (χ2n) is 5.55. The monoisotopic (exact) mass is 297 g/mol. The minimum absolute atomic E-state index is 0.277. The lowest BCUT2D eigenvalue weighted by Gasteiger charge is -2.32. The predicted molar refractivity (Wildman–Crippen MR) is 75.1 cm³/mol. The fourth-order valence-electron chi connectivity index (χ4n) is 2.78. The van der Waals surface area contributed by atoms with Crippen molar-refractivity contribution in [2.24, 2.45) is 5.92 Å². The lowest BCUT2D eigenvalue weighted by Crippen LogP contribution is -2.46.